The summed E-state index contributed by atoms with van der Waals surface area (Å²) in [6, 6.07) is 0. The van der Waals surface area contributed by atoms with E-state index < -0.39 is 5.79 Å². The summed E-state index contributed by atoms with van der Waals surface area (Å²) in [5.74, 6) is -0.445. The van der Waals surface area contributed by atoms with Crippen LogP contribution in [0.1, 0.15) is 27.2 Å². The first-order chi connectivity index (χ1) is 7.20. The first kappa shape index (κ1) is 12.5. The van der Waals surface area contributed by atoms with Gasteiger partial charge in [-0.2, -0.15) is 0 Å². The van der Waals surface area contributed by atoms with Crippen LogP contribution in [0.4, 0.5) is 0 Å². The van der Waals surface area contributed by atoms with Crippen LogP contribution in [0.3, 0.4) is 0 Å². The Bertz CT molecular complexity index is 201. The van der Waals surface area contributed by atoms with Crippen molar-refractivity contribution in [1.82, 2.24) is 4.90 Å². The zero-order valence-electron chi connectivity index (χ0n) is 10.0. The minimum Gasteiger partial charge on any atom is -0.361 e. The van der Waals surface area contributed by atoms with Crippen molar-refractivity contribution in [3.63, 3.8) is 0 Å². The number of hydrogen-bond acceptors (Lipinski definition) is 4. The van der Waals surface area contributed by atoms with E-state index in [1.54, 1.807) is 0 Å². The maximum atomic E-state index is 5.64. The summed E-state index contributed by atoms with van der Waals surface area (Å²) in [6.07, 6.45) is 2.79. The zero-order valence-corrected chi connectivity index (χ0v) is 10.0. The standard InChI is InChI=1S/C11H22N2O2/c1-4-14-11(3,15-5-2)6-8-13-9-7-12-10-13/h10H,4-9H2,1-3H3. The lowest BCUT2D eigenvalue weighted by Gasteiger charge is -2.30. The third-order valence-electron chi connectivity index (χ3n) is 2.51. The van der Waals surface area contributed by atoms with E-state index in [-0.39, 0.29) is 0 Å². The lowest BCUT2D eigenvalue weighted by molar-refractivity contribution is -0.224. The van der Waals surface area contributed by atoms with E-state index in [0.717, 1.165) is 26.1 Å². The second-order valence-electron chi connectivity index (χ2n) is 3.81. The summed E-state index contributed by atoms with van der Waals surface area (Å²) in [5.41, 5.74) is 0. The third kappa shape index (κ3) is 4.18. The smallest absolute Gasteiger partial charge is 0.167 e. The fraction of sp³-hybridized carbons (Fsp3) is 0.909. The molecule has 1 aliphatic heterocycles. The van der Waals surface area contributed by atoms with Crippen LogP contribution in [0.2, 0.25) is 0 Å². The van der Waals surface area contributed by atoms with Crippen LogP contribution in [-0.2, 0) is 9.47 Å². The molecule has 0 atom stereocenters. The van der Waals surface area contributed by atoms with Gasteiger partial charge >= 0.3 is 0 Å². The minimum atomic E-state index is -0.445. The van der Waals surface area contributed by atoms with E-state index in [1.165, 1.54) is 0 Å². The highest BCUT2D eigenvalue weighted by Crippen LogP contribution is 2.18. The summed E-state index contributed by atoms with van der Waals surface area (Å²) >= 11 is 0. The van der Waals surface area contributed by atoms with Crippen molar-refractivity contribution < 1.29 is 9.47 Å². The molecule has 0 radical (unpaired) electrons. The van der Waals surface area contributed by atoms with E-state index >= 15 is 0 Å². The molecule has 0 aromatic rings. The number of hydrogen-bond donors (Lipinski definition) is 0. The molecule has 0 fully saturated rings. The topological polar surface area (TPSA) is 34.1 Å². The number of rotatable bonds is 7. The van der Waals surface area contributed by atoms with Gasteiger partial charge in [-0.15, -0.1) is 0 Å². The quantitative estimate of drug-likeness (QED) is 0.602. The van der Waals surface area contributed by atoms with Gasteiger partial charge in [0.2, 0.25) is 0 Å². The van der Waals surface area contributed by atoms with E-state index in [9.17, 15) is 0 Å². The molecule has 1 rings (SSSR count). The van der Waals surface area contributed by atoms with Crippen molar-refractivity contribution in [1.29, 1.82) is 0 Å². The normalized spacial score (nSPS) is 16.3. The average molecular weight is 214 g/mol. The van der Waals surface area contributed by atoms with Gasteiger partial charge in [0.15, 0.2) is 5.79 Å². The molecule has 0 saturated carbocycles. The Labute approximate surface area is 92.3 Å². The Morgan fingerprint density at radius 2 is 2.00 bits per heavy atom. The monoisotopic (exact) mass is 214 g/mol. The van der Waals surface area contributed by atoms with Crippen LogP contribution in [0.25, 0.3) is 0 Å². The fourth-order valence-electron chi connectivity index (χ4n) is 1.73. The Kier molecular flexibility index (Phi) is 5.05. The molecule has 0 aromatic carbocycles. The van der Waals surface area contributed by atoms with Crippen LogP contribution >= 0.6 is 0 Å². The maximum Gasteiger partial charge on any atom is 0.167 e. The molecule has 4 nitrogen and oxygen atoms in total. The van der Waals surface area contributed by atoms with Gasteiger partial charge in [0.1, 0.15) is 0 Å². The number of ether oxygens (including phenoxy) is 2. The molecule has 88 valence electrons. The lowest BCUT2D eigenvalue weighted by atomic mass is 10.2. The average Bonchev–Trinajstić information content (AvgIpc) is 2.68. The molecule has 0 saturated heterocycles. The van der Waals surface area contributed by atoms with Crippen molar-refractivity contribution in [3.8, 4) is 0 Å². The Morgan fingerprint density at radius 1 is 1.33 bits per heavy atom. The predicted molar refractivity (Wildman–Crippen MR) is 61.2 cm³/mol. The van der Waals surface area contributed by atoms with Crippen molar-refractivity contribution in [3.05, 3.63) is 0 Å². The lowest BCUT2D eigenvalue weighted by Crippen LogP contribution is -2.37. The largest absolute Gasteiger partial charge is 0.361 e. The summed E-state index contributed by atoms with van der Waals surface area (Å²) in [4.78, 5) is 6.38. The molecule has 0 aliphatic carbocycles. The van der Waals surface area contributed by atoms with E-state index in [4.69, 9.17) is 9.47 Å². The summed E-state index contributed by atoms with van der Waals surface area (Å²) in [6.45, 7) is 10.2. The van der Waals surface area contributed by atoms with E-state index in [1.807, 2.05) is 27.1 Å². The highest BCUT2D eigenvalue weighted by atomic mass is 16.7. The molecule has 1 aliphatic rings. The van der Waals surface area contributed by atoms with Crippen LogP contribution in [0.15, 0.2) is 4.99 Å². The van der Waals surface area contributed by atoms with Gasteiger partial charge in [0.25, 0.3) is 0 Å². The maximum absolute atomic E-state index is 5.64. The Balaban J connectivity index is 2.32. The SMILES string of the molecule is CCOC(C)(CCN1C=NCC1)OCC. The van der Waals surface area contributed by atoms with Gasteiger partial charge in [0, 0.05) is 32.7 Å². The molecule has 1 heterocycles. The van der Waals surface area contributed by atoms with Gasteiger partial charge in [-0.1, -0.05) is 0 Å². The molecule has 0 aromatic heterocycles. The summed E-state index contributed by atoms with van der Waals surface area (Å²) in [7, 11) is 0. The molecule has 0 unspecified atom stereocenters. The molecular formula is C11H22N2O2. The van der Waals surface area contributed by atoms with E-state index in [0.29, 0.717) is 13.2 Å². The van der Waals surface area contributed by atoms with Gasteiger partial charge in [0.05, 0.1) is 12.9 Å². The zero-order chi connectivity index (χ0) is 11.1. The van der Waals surface area contributed by atoms with Crippen LogP contribution in [-0.4, -0.2) is 49.9 Å². The second kappa shape index (κ2) is 6.08. The number of nitrogens with zero attached hydrogens (tertiary/aromatic N) is 2. The summed E-state index contributed by atoms with van der Waals surface area (Å²) < 4.78 is 11.3. The minimum absolute atomic E-state index is 0.445. The molecule has 4 heteroatoms. The van der Waals surface area contributed by atoms with E-state index in [2.05, 4.69) is 9.89 Å². The van der Waals surface area contributed by atoms with Crippen molar-refractivity contribution in [2.24, 2.45) is 4.99 Å². The highest BCUT2D eigenvalue weighted by molar-refractivity contribution is 5.56. The molecule has 0 amide bonds. The predicted octanol–water partition coefficient (Wildman–Crippen LogP) is 1.51. The highest BCUT2D eigenvalue weighted by Gasteiger charge is 2.25. The van der Waals surface area contributed by atoms with Crippen LogP contribution < -0.4 is 0 Å². The first-order valence-corrected chi connectivity index (χ1v) is 5.72. The van der Waals surface area contributed by atoms with Gasteiger partial charge in [-0.3, -0.25) is 4.99 Å². The Morgan fingerprint density at radius 3 is 2.47 bits per heavy atom. The molecule has 0 spiro atoms. The van der Waals surface area contributed by atoms with Crippen molar-refractivity contribution in [2.45, 2.75) is 33.0 Å². The summed E-state index contributed by atoms with van der Waals surface area (Å²) in [5, 5.41) is 0. The molecule has 0 N–H and O–H groups in total. The van der Waals surface area contributed by atoms with Crippen molar-refractivity contribution in [2.75, 3.05) is 32.8 Å². The molecule has 15 heavy (non-hydrogen) atoms. The fourth-order valence-corrected chi connectivity index (χ4v) is 1.73. The molecular weight excluding hydrogens is 192 g/mol. The molecule has 0 bridgehead atoms. The van der Waals surface area contributed by atoms with Gasteiger partial charge in [-0.25, -0.2) is 0 Å². The second-order valence-corrected chi connectivity index (χ2v) is 3.81. The van der Waals surface area contributed by atoms with Crippen LogP contribution in [0.5, 0.6) is 0 Å². The number of aliphatic imine (C=N–C) groups is 1. The van der Waals surface area contributed by atoms with Crippen LogP contribution in [0, 0.1) is 0 Å². The van der Waals surface area contributed by atoms with Gasteiger partial charge < -0.3 is 14.4 Å². The van der Waals surface area contributed by atoms with Gasteiger partial charge in [-0.05, 0) is 20.8 Å². The third-order valence-corrected chi connectivity index (χ3v) is 2.51. The van der Waals surface area contributed by atoms with Crippen molar-refractivity contribution >= 4 is 6.34 Å². The Hall–Kier alpha value is -0.610. The first-order valence-electron chi connectivity index (χ1n) is 5.72.